The molecule has 1 atom stereocenters. The molecule has 0 saturated carbocycles. The lowest BCUT2D eigenvalue weighted by Crippen LogP contribution is -2.43. The second kappa shape index (κ2) is 7.67. The van der Waals surface area contributed by atoms with Crippen molar-refractivity contribution < 1.29 is 9.90 Å². The van der Waals surface area contributed by atoms with Crippen LogP contribution in [0.1, 0.15) is 41.0 Å². The van der Waals surface area contributed by atoms with Crippen molar-refractivity contribution in [1.82, 2.24) is 10.6 Å². The Labute approximate surface area is 105 Å². The zero-order valence-electron chi connectivity index (χ0n) is 11.8. The second-order valence-electron chi connectivity index (χ2n) is 5.90. The summed E-state index contributed by atoms with van der Waals surface area (Å²) in [6, 6.07) is 0. The first kappa shape index (κ1) is 16.4. The van der Waals surface area contributed by atoms with E-state index in [1.807, 2.05) is 0 Å². The van der Waals surface area contributed by atoms with Gasteiger partial charge < -0.3 is 15.7 Å². The van der Waals surface area contributed by atoms with Gasteiger partial charge in [-0.2, -0.15) is 0 Å². The molecule has 0 fully saturated rings. The fraction of sp³-hybridized carbons (Fsp3) is 0.923. The van der Waals surface area contributed by atoms with E-state index in [0.29, 0.717) is 24.9 Å². The van der Waals surface area contributed by atoms with E-state index >= 15 is 0 Å². The van der Waals surface area contributed by atoms with Crippen LogP contribution in [-0.2, 0) is 4.79 Å². The fourth-order valence-electron chi connectivity index (χ4n) is 1.78. The highest BCUT2D eigenvalue weighted by molar-refractivity contribution is 5.77. The largest absolute Gasteiger partial charge is 0.389 e. The Bertz CT molecular complexity index is 225. The van der Waals surface area contributed by atoms with Gasteiger partial charge in [-0.25, -0.2) is 0 Å². The first-order valence-electron chi connectivity index (χ1n) is 6.42. The highest BCUT2D eigenvalue weighted by Crippen LogP contribution is 2.14. The van der Waals surface area contributed by atoms with E-state index in [1.54, 1.807) is 6.92 Å². The highest BCUT2D eigenvalue weighted by atomic mass is 16.3. The number of aliphatic hydroxyl groups is 1. The van der Waals surface area contributed by atoms with Crippen molar-refractivity contribution in [3.05, 3.63) is 0 Å². The van der Waals surface area contributed by atoms with E-state index < -0.39 is 5.60 Å². The first-order valence-corrected chi connectivity index (χ1v) is 6.42. The number of rotatable bonds is 8. The molecule has 0 aliphatic heterocycles. The monoisotopic (exact) mass is 244 g/mol. The molecule has 102 valence electrons. The average Bonchev–Trinajstić information content (AvgIpc) is 2.12. The molecule has 0 saturated heterocycles. The predicted octanol–water partition coefficient (Wildman–Crippen LogP) is 1.15. The van der Waals surface area contributed by atoms with Crippen molar-refractivity contribution in [2.45, 2.75) is 46.6 Å². The van der Waals surface area contributed by atoms with Gasteiger partial charge in [-0.15, -0.1) is 0 Å². The Morgan fingerprint density at radius 2 is 1.82 bits per heavy atom. The minimum Gasteiger partial charge on any atom is -0.389 e. The number of hydrogen-bond donors (Lipinski definition) is 3. The summed E-state index contributed by atoms with van der Waals surface area (Å²) in [7, 11) is 0. The zero-order chi connectivity index (χ0) is 13.5. The summed E-state index contributed by atoms with van der Waals surface area (Å²) in [5.41, 5.74) is -0.744. The maximum absolute atomic E-state index is 11.4. The molecule has 0 heterocycles. The summed E-state index contributed by atoms with van der Waals surface area (Å²) in [6.07, 6.45) is 0.730. The van der Waals surface area contributed by atoms with Gasteiger partial charge in [0.15, 0.2) is 0 Å². The molecule has 0 rings (SSSR count). The van der Waals surface area contributed by atoms with E-state index in [9.17, 15) is 9.90 Å². The van der Waals surface area contributed by atoms with Crippen molar-refractivity contribution in [2.24, 2.45) is 11.8 Å². The van der Waals surface area contributed by atoms with Gasteiger partial charge in [0.1, 0.15) is 0 Å². The third-order valence-corrected chi connectivity index (χ3v) is 2.35. The van der Waals surface area contributed by atoms with Gasteiger partial charge in [0.25, 0.3) is 0 Å². The topological polar surface area (TPSA) is 61.4 Å². The smallest absolute Gasteiger partial charge is 0.233 e. The number of carbonyl (C=O) groups excluding carboxylic acids is 1. The van der Waals surface area contributed by atoms with Gasteiger partial charge in [0, 0.05) is 13.1 Å². The Balaban J connectivity index is 3.71. The van der Waals surface area contributed by atoms with Crippen molar-refractivity contribution in [2.75, 3.05) is 19.6 Å². The van der Waals surface area contributed by atoms with Crippen LogP contribution < -0.4 is 10.6 Å². The lowest BCUT2D eigenvalue weighted by molar-refractivity contribution is -0.120. The summed E-state index contributed by atoms with van der Waals surface area (Å²) in [5, 5.41) is 15.8. The normalized spacial score (nSPS) is 15.1. The summed E-state index contributed by atoms with van der Waals surface area (Å²) in [6.45, 7) is 11.5. The van der Waals surface area contributed by atoms with Crippen LogP contribution in [0, 0.1) is 11.8 Å². The van der Waals surface area contributed by atoms with Crippen LogP contribution in [-0.4, -0.2) is 36.2 Å². The van der Waals surface area contributed by atoms with Crippen molar-refractivity contribution >= 4 is 5.91 Å². The van der Waals surface area contributed by atoms with Gasteiger partial charge in [0.05, 0.1) is 12.1 Å². The number of nitrogens with one attached hydrogen (secondary N) is 2. The molecule has 17 heavy (non-hydrogen) atoms. The van der Waals surface area contributed by atoms with Crippen LogP contribution in [0.2, 0.25) is 0 Å². The molecule has 0 aliphatic carbocycles. The van der Waals surface area contributed by atoms with Crippen LogP contribution in [0.15, 0.2) is 0 Å². The first-order chi connectivity index (χ1) is 7.73. The molecule has 0 aromatic heterocycles. The van der Waals surface area contributed by atoms with E-state index in [0.717, 1.165) is 6.42 Å². The Hall–Kier alpha value is -0.610. The van der Waals surface area contributed by atoms with Crippen LogP contribution in [0.25, 0.3) is 0 Å². The predicted molar refractivity (Wildman–Crippen MR) is 70.8 cm³/mol. The Morgan fingerprint density at radius 1 is 1.24 bits per heavy atom. The van der Waals surface area contributed by atoms with Gasteiger partial charge in [-0.1, -0.05) is 27.7 Å². The summed E-state index contributed by atoms with van der Waals surface area (Å²) >= 11 is 0. The molecule has 0 aliphatic rings. The van der Waals surface area contributed by atoms with Crippen LogP contribution >= 0.6 is 0 Å². The summed E-state index contributed by atoms with van der Waals surface area (Å²) in [5.74, 6) is 0.892. The minimum absolute atomic E-state index is 0.0148. The average molecular weight is 244 g/mol. The lowest BCUT2D eigenvalue weighted by atomic mass is 9.94. The standard InChI is InChI=1S/C13H28N2O2/c1-10(2)6-13(5,17)9-14-8-12(16)15-7-11(3)4/h10-11,14,17H,6-9H2,1-5H3,(H,15,16). The molecular formula is C13H28N2O2. The van der Waals surface area contributed by atoms with Crippen LogP contribution in [0.5, 0.6) is 0 Å². The maximum Gasteiger partial charge on any atom is 0.233 e. The maximum atomic E-state index is 11.4. The SMILES string of the molecule is CC(C)CNC(=O)CNCC(C)(O)CC(C)C. The quantitative estimate of drug-likeness (QED) is 0.600. The van der Waals surface area contributed by atoms with Gasteiger partial charge in [-0.3, -0.25) is 4.79 Å². The van der Waals surface area contributed by atoms with E-state index in [4.69, 9.17) is 0 Å². The molecule has 4 heteroatoms. The van der Waals surface area contributed by atoms with Gasteiger partial charge >= 0.3 is 0 Å². The van der Waals surface area contributed by atoms with E-state index in [-0.39, 0.29) is 12.5 Å². The van der Waals surface area contributed by atoms with E-state index in [1.165, 1.54) is 0 Å². The summed E-state index contributed by atoms with van der Waals surface area (Å²) in [4.78, 5) is 11.4. The molecule has 1 amide bonds. The van der Waals surface area contributed by atoms with Crippen molar-refractivity contribution in [3.8, 4) is 0 Å². The summed E-state index contributed by atoms with van der Waals surface area (Å²) < 4.78 is 0. The third kappa shape index (κ3) is 10.3. The van der Waals surface area contributed by atoms with E-state index in [2.05, 4.69) is 38.3 Å². The minimum atomic E-state index is -0.744. The molecule has 0 radical (unpaired) electrons. The van der Waals surface area contributed by atoms with Crippen LogP contribution in [0.4, 0.5) is 0 Å². The number of carbonyl (C=O) groups is 1. The lowest BCUT2D eigenvalue weighted by Gasteiger charge is -2.25. The zero-order valence-corrected chi connectivity index (χ0v) is 11.8. The number of amides is 1. The molecule has 0 bridgehead atoms. The van der Waals surface area contributed by atoms with Crippen molar-refractivity contribution in [1.29, 1.82) is 0 Å². The molecule has 3 N–H and O–H groups in total. The molecule has 0 aromatic rings. The Morgan fingerprint density at radius 3 is 2.29 bits per heavy atom. The molecule has 0 spiro atoms. The Kier molecular flexibility index (Phi) is 7.39. The number of hydrogen-bond acceptors (Lipinski definition) is 3. The van der Waals surface area contributed by atoms with Crippen LogP contribution in [0.3, 0.4) is 0 Å². The highest BCUT2D eigenvalue weighted by Gasteiger charge is 2.21. The third-order valence-electron chi connectivity index (χ3n) is 2.35. The molecule has 1 unspecified atom stereocenters. The molecule has 4 nitrogen and oxygen atoms in total. The van der Waals surface area contributed by atoms with Crippen molar-refractivity contribution in [3.63, 3.8) is 0 Å². The molecule has 0 aromatic carbocycles. The fourth-order valence-corrected chi connectivity index (χ4v) is 1.78. The van der Waals surface area contributed by atoms with Gasteiger partial charge in [0.2, 0.25) is 5.91 Å². The van der Waals surface area contributed by atoms with Gasteiger partial charge in [-0.05, 0) is 25.2 Å². The second-order valence-corrected chi connectivity index (χ2v) is 5.90. The molecular weight excluding hydrogens is 216 g/mol.